The number of hydrogen-bond acceptors (Lipinski definition) is 2. The first kappa shape index (κ1) is 11.8. The maximum absolute atomic E-state index is 9.19. The van der Waals surface area contributed by atoms with E-state index in [1.807, 2.05) is 0 Å². The second-order valence-electron chi connectivity index (χ2n) is 2.60. The molecule has 0 aromatic heterocycles. The van der Waals surface area contributed by atoms with Crippen LogP contribution in [0, 0.1) is 23.7 Å². The lowest BCUT2D eigenvalue weighted by Gasteiger charge is -1.96. The van der Waals surface area contributed by atoms with Gasteiger partial charge in [0, 0.05) is 0 Å². The normalized spacial score (nSPS) is 12.8. The summed E-state index contributed by atoms with van der Waals surface area (Å²) in [4.78, 5) is 0. The van der Waals surface area contributed by atoms with Crippen molar-refractivity contribution in [2.75, 3.05) is 0 Å². The van der Waals surface area contributed by atoms with Crippen LogP contribution >= 0.6 is 0 Å². The molecule has 13 heavy (non-hydrogen) atoms. The van der Waals surface area contributed by atoms with Gasteiger partial charge >= 0.3 is 0 Å². The Labute approximate surface area is 79.3 Å². The lowest BCUT2D eigenvalue weighted by atomic mass is 10.2. The Kier molecular flexibility index (Phi) is 6.73. The topological polar surface area (TPSA) is 40.5 Å². The monoisotopic (exact) mass is 178 g/mol. The molecule has 2 unspecified atom stereocenters. The highest BCUT2D eigenvalue weighted by Gasteiger charge is 1.94. The number of aliphatic hydroxyl groups excluding tert-OH is 2. The molecule has 0 aromatic rings. The zero-order valence-corrected chi connectivity index (χ0v) is 7.75. The number of aliphatic hydroxyl groups is 2. The van der Waals surface area contributed by atoms with Crippen LogP contribution in [0.2, 0.25) is 0 Å². The third kappa shape index (κ3) is 8.69. The molecular formula is C11H14O2. The molecule has 0 saturated heterocycles. The molecule has 0 fully saturated rings. The van der Waals surface area contributed by atoms with Crippen LogP contribution in [0.4, 0.5) is 0 Å². The van der Waals surface area contributed by atoms with Gasteiger partial charge in [-0.1, -0.05) is 17.9 Å². The number of rotatable bonds is 3. The Bertz CT molecular complexity index is 257. The fourth-order valence-corrected chi connectivity index (χ4v) is 0.608. The summed E-state index contributed by atoms with van der Waals surface area (Å²) >= 11 is 0. The van der Waals surface area contributed by atoms with Crippen molar-refractivity contribution < 1.29 is 10.2 Å². The van der Waals surface area contributed by atoms with Crippen LogP contribution in [0.25, 0.3) is 0 Å². The Morgan fingerprint density at radius 2 is 1.92 bits per heavy atom. The number of allylic oxidation sites excluding steroid dienone is 1. The molecule has 0 bridgehead atoms. The summed E-state index contributed by atoms with van der Waals surface area (Å²) in [6.45, 7) is 5.09. The van der Waals surface area contributed by atoms with E-state index in [2.05, 4.69) is 30.3 Å². The number of hydrogen-bond donors (Lipinski definition) is 2. The van der Waals surface area contributed by atoms with E-state index >= 15 is 0 Å². The third-order valence-electron chi connectivity index (χ3n) is 1.23. The van der Waals surface area contributed by atoms with Gasteiger partial charge in [-0.05, 0) is 31.6 Å². The summed E-state index contributed by atoms with van der Waals surface area (Å²) < 4.78 is 0. The summed E-state index contributed by atoms with van der Waals surface area (Å²) in [5.74, 6) is 9.92. The first-order valence-corrected chi connectivity index (χ1v) is 4.15. The quantitative estimate of drug-likeness (QED) is 0.493. The van der Waals surface area contributed by atoms with Crippen molar-refractivity contribution in [2.45, 2.75) is 32.0 Å². The van der Waals surface area contributed by atoms with Gasteiger partial charge < -0.3 is 10.2 Å². The van der Waals surface area contributed by atoms with E-state index in [1.165, 1.54) is 0 Å². The van der Waals surface area contributed by atoms with Crippen molar-refractivity contribution in [3.63, 3.8) is 0 Å². The van der Waals surface area contributed by atoms with Gasteiger partial charge in [0.15, 0.2) is 0 Å². The minimum atomic E-state index is -0.667. The predicted octanol–water partition coefficient (Wildman–Crippen LogP) is 0.701. The Hall–Kier alpha value is -1.22. The van der Waals surface area contributed by atoms with Crippen molar-refractivity contribution in [2.24, 2.45) is 0 Å². The van der Waals surface area contributed by atoms with Gasteiger partial charge in [-0.25, -0.2) is 0 Å². The highest BCUT2D eigenvalue weighted by Crippen LogP contribution is 1.94. The third-order valence-corrected chi connectivity index (χ3v) is 1.23. The molecule has 0 radical (unpaired) electrons. The lowest BCUT2D eigenvalue weighted by Crippen LogP contribution is -2.01. The van der Waals surface area contributed by atoms with Gasteiger partial charge in [0.2, 0.25) is 0 Å². The van der Waals surface area contributed by atoms with Crippen LogP contribution in [-0.4, -0.2) is 22.4 Å². The van der Waals surface area contributed by atoms with E-state index in [0.29, 0.717) is 6.42 Å². The molecule has 0 rings (SSSR count). The highest BCUT2D eigenvalue weighted by molar-refractivity contribution is 5.28. The van der Waals surface area contributed by atoms with Crippen LogP contribution in [0.15, 0.2) is 12.7 Å². The maximum Gasteiger partial charge on any atom is 0.116 e. The van der Waals surface area contributed by atoms with Crippen molar-refractivity contribution in [1.29, 1.82) is 0 Å². The largest absolute Gasteiger partial charge is 0.381 e. The minimum absolute atomic E-state index is 0.576. The molecule has 0 aromatic carbocycles. The van der Waals surface area contributed by atoms with Crippen molar-refractivity contribution >= 4 is 0 Å². The van der Waals surface area contributed by atoms with Crippen LogP contribution in [0.5, 0.6) is 0 Å². The fraction of sp³-hybridized carbons (Fsp3) is 0.455. The smallest absolute Gasteiger partial charge is 0.116 e. The van der Waals surface area contributed by atoms with E-state index in [4.69, 9.17) is 5.11 Å². The summed E-state index contributed by atoms with van der Waals surface area (Å²) in [5, 5.41) is 17.9. The van der Waals surface area contributed by atoms with E-state index in [1.54, 1.807) is 13.0 Å². The van der Waals surface area contributed by atoms with E-state index in [9.17, 15) is 5.11 Å². The Balaban J connectivity index is 3.83. The Morgan fingerprint density at radius 3 is 2.46 bits per heavy atom. The average Bonchev–Trinajstić information content (AvgIpc) is 2.08. The van der Waals surface area contributed by atoms with Gasteiger partial charge in [0.1, 0.15) is 12.2 Å². The van der Waals surface area contributed by atoms with Crippen molar-refractivity contribution in [3.05, 3.63) is 12.7 Å². The summed E-state index contributed by atoms with van der Waals surface area (Å²) in [6, 6.07) is 0. The average molecular weight is 178 g/mol. The molecule has 0 aliphatic heterocycles. The molecule has 0 aliphatic rings. The predicted molar refractivity (Wildman–Crippen MR) is 52.7 cm³/mol. The van der Waals surface area contributed by atoms with Crippen LogP contribution < -0.4 is 0 Å². The minimum Gasteiger partial charge on any atom is -0.381 e. The molecule has 0 amide bonds. The van der Waals surface area contributed by atoms with E-state index in [0.717, 1.165) is 6.42 Å². The molecule has 70 valence electrons. The zero-order chi connectivity index (χ0) is 10.1. The maximum atomic E-state index is 9.19. The van der Waals surface area contributed by atoms with Gasteiger partial charge in [-0.3, -0.25) is 0 Å². The van der Waals surface area contributed by atoms with Gasteiger partial charge in [-0.15, -0.1) is 6.58 Å². The first-order chi connectivity index (χ1) is 6.16. The van der Waals surface area contributed by atoms with Crippen molar-refractivity contribution in [1.82, 2.24) is 0 Å². The second-order valence-corrected chi connectivity index (χ2v) is 2.60. The zero-order valence-electron chi connectivity index (χ0n) is 7.75. The molecule has 2 nitrogen and oxygen atoms in total. The highest BCUT2D eigenvalue weighted by atomic mass is 16.3. The van der Waals surface area contributed by atoms with E-state index in [-0.39, 0.29) is 0 Å². The Morgan fingerprint density at radius 1 is 1.31 bits per heavy atom. The summed E-state index contributed by atoms with van der Waals surface area (Å²) in [6.07, 6.45) is 1.72. The summed E-state index contributed by atoms with van der Waals surface area (Å²) in [7, 11) is 0. The van der Waals surface area contributed by atoms with E-state index < -0.39 is 12.2 Å². The van der Waals surface area contributed by atoms with Gasteiger partial charge in [-0.2, -0.15) is 0 Å². The molecule has 0 aliphatic carbocycles. The fourth-order valence-electron chi connectivity index (χ4n) is 0.608. The molecule has 0 heterocycles. The van der Waals surface area contributed by atoms with Gasteiger partial charge in [0.25, 0.3) is 0 Å². The molecular weight excluding hydrogens is 164 g/mol. The molecule has 0 saturated carbocycles. The van der Waals surface area contributed by atoms with Crippen LogP contribution in [-0.2, 0) is 0 Å². The molecule has 2 heteroatoms. The summed E-state index contributed by atoms with van der Waals surface area (Å²) in [5.41, 5.74) is 0. The second kappa shape index (κ2) is 7.43. The first-order valence-electron chi connectivity index (χ1n) is 4.15. The lowest BCUT2D eigenvalue weighted by molar-refractivity contribution is 0.223. The molecule has 2 atom stereocenters. The van der Waals surface area contributed by atoms with Crippen LogP contribution in [0.1, 0.15) is 19.8 Å². The standard InChI is InChI=1S/C11H14O2/c1-3-4-8-11(13)9-6-5-7-10(2)12/h3,10-13H,1,4,8H2,2H3. The molecule has 0 spiro atoms. The SMILES string of the molecule is C=CCCC(O)C#CC#CC(C)O. The van der Waals surface area contributed by atoms with Gasteiger partial charge in [0.05, 0.1) is 0 Å². The molecule has 2 N–H and O–H groups in total. The van der Waals surface area contributed by atoms with Crippen LogP contribution in [0.3, 0.4) is 0 Å². The van der Waals surface area contributed by atoms with Crippen molar-refractivity contribution in [3.8, 4) is 23.7 Å².